The van der Waals surface area contributed by atoms with Gasteiger partial charge >= 0.3 is 5.97 Å². The van der Waals surface area contributed by atoms with Gasteiger partial charge in [-0.1, -0.05) is 0 Å². The molecule has 0 unspecified atom stereocenters. The summed E-state index contributed by atoms with van der Waals surface area (Å²) in [6, 6.07) is 1.35. The van der Waals surface area contributed by atoms with E-state index in [1.807, 2.05) is 0 Å². The lowest BCUT2D eigenvalue weighted by Crippen LogP contribution is -2.25. The standard InChI is InChI=1S/C10H11N5O3/c1-14(2)8(16)7-4-6(9(17)18-3)12-10-13-11-5-15(7)10/h4-5H,1-3H3. The molecule has 2 heterocycles. The van der Waals surface area contributed by atoms with E-state index in [0.29, 0.717) is 0 Å². The molecular weight excluding hydrogens is 238 g/mol. The Labute approximate surface area is 102 Å². The summed E-state index contributed by atoms with van der Waals surface area (Å²) in [5.74, 6) is -0.747. The molecule has 1 amide bonds. The zero-order chi connectivity index (χ0) is 13.3. The summed E-state index contributed by atoms with van der Waals surface area (Å²) in [5.41, 5.74) is 0.263. The zero-order valence-corrected chi connectivity index (χ0v) is 10.1. The predicted octanol–water partition coefficient (Wildman–Crippen LogP) is -0.387. The van der Waals surface area contributed by atoms with Crippen molar-refractivity contribution >= 4 is 17.7 Å². The van der Waals surface area contributed by atoms with E-state index in [1.54, 1.807) is 14.1 Å². The molecule has 0 aromatic carbocycles. The number of fused-ring (bicyclic) bond motifs is 1. The summed E-state index contributed by atoms with van der Waals surface area (Å²) < 4.78 is 5.98. The highest BCUT2D eigenvalue weighted by Gasteiger charge is 2.18. The summed E-state index contributed by atoms with van der Waals surface area (Å²) >= 11 is 0. The molecule has 0 N–H and O–H groups in total. The summed E-state index contributed by atoms with van der Waals surface area (Å²) in [6.45, 7) is 0. The van der Waals surface area contributed by atoms with Crippen molar-refractivity contribution in [1.29, 1.82) is 0 Å². The number of esters is 1. The van der Waals surface area contributed by atoms with Crippen molar-refractivity contribution < 1.29 is 14.3 Å². The minimum absolute atomic E-state index is 0.0169. The Morgan fingerprint density at radius 2 is 2.11 bits per heavy atom. The third-order valence-corrected chi connectivity index (χ3v) is 2.30. The Balaban J connectivity index is 2.66. The highest BCUT2D eigenvalue weighted by atomic mass is 16.5. The van der Waals surface area contributed by atoms with Crippen LogP contribution in [-0.4, -0.2) is 57.6 Å². The second-order valence-corrected chi connectivity index (χ2v) is 3.72. The fraction of sp³-hybridized carbons (Fsp3) is 0.300. The van der Waals surface area contributed by atoms with E-state index < -0.39 is 5.97 Å². The number of rotatable bonds is 2. The van der Waals surface area contributed by atoms with Gasteiger partial charge in [0, 0.05) is 20.2 Å². The fourth-order valence-corrected chi connectivity index (χ4v) is 1.42. The zero-order valence-electron chi connectivity index (χ0n) is 10.1. The van der Waals surface area contributed by atoms with E-state index in [4.69, 9.17) is 0 Å². The Morgan fingerprint density at radius 3 is 2.72 bits per heavy atom. The molecule has 2 aromatic rings. The number of carbonyl (C=O) groups excluding carboxylic acids is 2. The van der Waals surface area contributed by atoms with Gasteiger partial charge in [-0.05, 0) is 0 Å². The van der Waals surface area contributed by atoms with Crippen molar-refractivity contribution in [2.75, 3.05) is 21.2 Å². The van der Waals surface area contributed by atoms with Crippen LogP contribution >= 0.6 is 0 Å². The van der Waals surface area contributed by atoms with Gasteiger partial charge in [-0.15, -0.1) is 10.2 Å². The molecule has 0 aliphatic heterocycles. The van der Waals surface area contributed by atoms with Crippen molar-refractivity contribution in [2.45, 2.75) is 0 Å². The Hall–Kier alpha value is -2.51. The number of hydrogen-bond donors (Lipinski definition) is 0. The molecule has 0 bridgehead atoms. The van der Waals surface area contributed by atoms with Crippen LogP contribution in [0, 0.1) is 0 Å². The van der Waals surface area contributed by atoms with E-state index in [2.05, 4.69) is 19.9 Å². The van der Waals surface area contributed by atoms with Gasteiger partial charge in [-0.3, -0.25) is 9.20 Å². The highest BCUT2D eigenvalue weighted by molar-refractivity contribution is 5.96. The van der Waals surface area contributed by atoms with Crippen molar-refractivity contribution in [3.05, 3.63) is 23.8 Å². The van der Waals surface area contributed by atoms with Gasteiger partial charge in [0.05, 0.1) is 7.11 Å². The first-order chi connectivity index (χ1) is 8.54. The first-order valence-corrected chi connectivity index (χ1v) is 5.05. The fourth-order valence-electron chi connectivity index (χ4n) is 1.42. The quantitative estimate of drug-likeness (QED) is 0.673. The molecule has 8 heteroatoms. The van der Waals surface area contributed by atoms with Gasteiger partial charge < -0.3 is 9.64 Å². The minimum Gasteiger partial charge on any atom is -0.464 e. The van der Waals surface area contributed by atoms with Crippen LogP contribution in [0.5, 0.6) is 0 Å². The molecule has 18 heavy (non-hydrogen) atoms. The average Bonchev–Trinajstić information content (AvgIpc) is 2.83. The van der Waals surface area contributed by atoms with Crippen LogP contribution in [0.3, 0.4) is 0 Å². The van der Waals surface area contributed by atoms with E-state index >= 15 is 0 Å². The third-order valence-electron chi connectivity index (χ3n) is 2.30. The summed E-state index contributed by atoms with van der Waals surface area (Å²) in [5, 5.41) is 7.38. The maximum Gasteiger partial charge on any atom is 0.356 e. The summed E-state index contributed by atoms with van der Waals surface area (Å²) in [6.07, 6.45) is 1.36. The molecule has 0 aliphatic rings. The summed E-state index contributed by atoms with van der Waals surface area (Å²) in [4.78, 5) is 28.8. The van der Waals surface area contributed by atoms with Crippen molar-refractivity contribution in [3.8, 4) is 0 Å². The normalized spacial score (nSPS) is 10.4. The van der Waals surface area contributed by atoms with Crippen LogP contribution in [0.1, 0.15) is 21.0 Å². The second-order valence-electron chi connectivity index (χ2n) is 3.72. The number of methoxy groups -OCH3 is 1. The second kappa shape index (κ2) is 4.40. The number of nitrogens with zero attached hydrogens (tertiary/aromatic N) is 5. The molecule has 0 radical (unpaired) electrons. The van der Waals surface area contributed by atoms with E-state index in [1.165, 1.54) is 28.8 Å². The van der Waals surface area contributed by atoms with Crippen molar-refractivity contribution in [3.63, 3.8) is 0 Å². The predicted molar refractivity (Wildman–Crippen MR) is 60.1 cm³/mol. The molecular formula is C10H11N5O3. The molecule has 0 saturated carbocycles. The molecule has 0 spiro atoms. The van der Waals surface area contributed by atoms with Crippen LogP contribution < -0.4 is 0 Å². The van der Waals surface area contributed by atoms with Crippen molar-refractivity contribution in [1.82, 2.24) is 24.5 Å². The number of carbonyl (C=O) groups is 2. The molecule has 0 aliphatic carbocycles. The van der Waals surface area contributed by atoms with Crippen LogP contribution in [-0.2, 0) is 4.74 Å². The Morgan fingerprint density at radius 1 is 1.39 bits per heavy atom. The number of aromatic nitrogens is 4. The van der Waals surface area contributed by atoms with E-state index in [-0.39, 0.29) is 23.1 Å². The minimum atomic E-state index is -0.631. The largest absolute Gasteiger partial charge is 0.464 e. The Bertz CT molecular complexity index is 619. The smallest absolute Gasteiger partial charge is 0.356 e. The molecule has 0 fully saturated rings. The number of hydrogen-bond acceptors (Lipinski definition) is 6. The highest BCUT2D eigenvalue weighted by Crippen LogP contribution is 2.09. The number of ether oxygens (including phenoxy) is 1. The van der Waals surface area contributed by atoms with E-state index in [0.717, 1.165) is 0 Å². The first kappa shape index (κ1) is 12.0. The lowest BCUT2D eigenvalue weighted by Gasteiger charge is -2.11. The molecule has 0 atom stereocenters. The van der Waals surface area contributed by atoms with Crippen LogP contribution in [0.4, 0.5) is 0 Å². The average molecular weight is 249 g/mol. The topological polar surface area (TPSA) is 89.7 Å². The molecule has 94 valence electrons. The maximum atomic E-state index is 12.0. The molecule has 2 aromatic heterocycles. The lowest BCUT2D eigenvalue weighted by molar-refractivity contribution is 0.0594. The molecule has 2 rings (SSSR count). The number of amides is 1. The van der Waals surface area contributed by atoms with Gasteiger partial charge in [0.2, 0.25) is 0 Å². The van der Waals surface area contributed by atoms with Crippen LogP contribution in [0.2, 0.25) is 0 Å². The third kappa shape index (κ3) is 1.88. The Kier molecular flexibility index (Phi) is 2.92. The first-order valence-electron chi connectivity index (χ1n) is 5.05. The SMILES string of the molecule is COC(=O)c1cc(C(=O)N(C)C)n2cnnc2n1. The van der Waals surface area contributed by atoms with Crippen LogP contribution in [0.15, 0.2) is 12.4 Å². The van der Waals surface area contributed by atoms with Gasteiger partial charge in [-0.2, -0.15) is 0 Å². The lowest BCUT2D eigenvalue weighted by atomic mass is 10.3. The van der Waals surface area contributed by atoms with Gasteiger partial charge in [0.25, 0.3) is 11.7 Å². The molecule has 8 nitrogen and oxygen atoms in total. The maximum absolute atomic E-state index is 12.0. The van der Waals surface area contributed by atoms with Crippen molar-refractivity contribution in [2.24, 2.45) is 0 Å². The van der Waals surface area contributed by atoms with Crippen LogP contribution in [0.25, 0.3) is 5.78 Å². The van der Waals surface area contributed by atoms with Gasteiger partial charge in [-0.25, -0.2) is 9.78 Å². The van der Waals surface area contributed by atoms with Gasteiger partial charge in [0.15, 0.2) is 5.69 Å². The van der Waals surface area contributed by atoms with E-state index in [9.17, 15) is 9.59 Å². The van der Waals surface area contributed by atoms with Gasteiger partial charge in [0.1, 0.15) is 12.0 Å². The monoisotopic (exact) mass is 249 g/mol. The summed E-state index contributed by atoms with van der Waals surface area (Å²) in [7, 11) is 4.46. The molecule has 0 saturated heterocycles.